The largest absolute Gasteiger partial charge is 0.502 e. The van der Waals surface area contributed by atoms with Gasteiger partial charge in [0.25, 0.3) is 0 Å². The number of hydrogen-bond acceptors (Lipinski definition) is 5. The molecule has 9 heteroatoms. The number of fused-ring (bicyclic) bond motifs is 2. The molecule has 2 aromatic carbocycles. The number of aromatic hydroxyl groups is 1. The van der Waals surface area contributed by atoms with Gasteiger partial charge in [-0.3, -0.25) is 9.47 Å². The Bertz CT molecular complexity index is 1200. The molecule has 0 fully saturated rings. The van der Waals surface area contributed by atoms with Crippen LogP contribution in [0.2, 0.25) is 0 Å². The predicted molar refractivity (Wildman–Crippen MR) is 111 cm³/mol. The number of thioether (sulfide) groups is 1. The van der Waals surface area contributed by atoms with Crippen LogP contribution >= 0.6 is 27.7 Å². The molecule has 1 aromatic heterocycles. The van der Waals surface area contributed by atoms with Crippen molar-refractivity contribution in [3.8, 4) is 5.75 Å². The third kappa shape index (κ3) is 3.40. The molecule has 1 unspecified atom stereocenters. The van der Waals surface area contributed by atoms with Crippen LogP contribution in [0.15, 0.2) is 62.8 Å². The van der Waals surface area contributed by atoms with Crippen molar-refractivity contribution >= 4 is 33.7 Å². The molecule has 29 heavy (non-hydrogen) atoms. The van der Waals surface area contributed by atoms with Gasteiger partial charge in [0, 0.05) is 22.9 Å². The molecule has 1 atom stereocenters. The fraction of sp³-hybridized carbons (Fsp3) is 0.100. The van der Waals surface area contributed by atoms with Crippen LogP contribution in [-0.2, 0) is 5.75 Å². The van der Waals surface area contributed by atoms with Crippen molar-refractivity contribution < 1.29 is 19.4 Å². The van der Waals surface area contributed by atoms with Gasteiger partial charge in [0.1, 0.15) is 5.82 Å². The number of carboxylic acids is 1. The summed E-state index contributed by atoms with van der Waals surface area (Å²) in [6.45, 7) is 0. The normalized spacial score (nSPS) is 15.2. The van der Waals surface area contributed by atoms with Crippen LogP contribution in [0, 0.1) is 5.82 Å². The molecule has 0 spiro atoms. The first-order valence-corrected chi connectivity index (χ1v) is 10.3. The second-order valence-electron chi connectivity index (χ2n) is 6.37. The zero-order chi connectivity index (χ0) is 20.7. The summed E-state index contributed by atoms with van der Waals surface area (Å²) in [6.07, 6.45) is 1.25. The summed E-state index contributed by atoms with van der Waals surface area (Å²) in [5.41, 5.74) is 4.08. The van der Waals surface area contributed by atoms with Gasteiger partial charge < -0.3 is 15.6 Å². The average molecular weight is 477 g/mol. The van der Waals surface area contributed by atoms with E-state index in [9.17, 15) is 24.2 Å². The molecule has 0 radical (unpaired) electrons. The Labute approximate surface area is 177 Å². The summed E-state index contributed by atoms with van der Waals surface area (Å²) in [4.78, 5) is 24.3. The maximum atomic E-state index is 14.2. The number of hydrogen-bond donors (Lipinski definition) is 3. The van der Waals surface area contributed by atoms with Crippen LogP contribution in [0.25, 0.3) is 0 Å². The van der Waals surface area contributed by atoms with Gasteiger partial charge in [-0.05, 0) is 44.8 Å². The number of aromatic carboxylic acids is 1. The fourth-order valence-corrected chi connectivity index (χ4v) is 5.13. The van der Waals surface area contributed by atoms with Gasteiger partial charge in [-0.2, -0.15) is 0 Å². The van der Waals surface area contributed by atoms with Gasteiger partial charge in [-0.25, -0.2) is 9.18 Å². The van der Waals surface area contributed by atoms with Gasteiger partial charge in [-0.1, -0.05) is 24.3 Å². The molecule has 3 aromatic rings. The quantitative estimate of drug-likeness (QED) is 0.527. The van der Waals surface area contributed by atoms with Crippen LogP contribution in [0.4, 0.5) is 4.39 Å². The van der Waals surface area contributed by atoms with Gasteiger partial charge in [0.15, 0.2) is 11.4 Å². The number of benzene rings is 2. The van der Waals surface area contributed by atoms with E-state index in [1.165, 1.54) is 12.3 Å². The molecule has 148 valence electrons. The third-order valence-corrected chi connectivity index (χ3v) is 6.66. The third-order valence-electron chi connectivity index (χ3n) is 4.69. The van der Waals surface area contributed by atoms with Crippen molar-refractivity contribution in [3.63, 3.8) is 0 Å². The van der Waals surface area contributed by atoms with Crippen molar-refractivity contribution in [3.05, 3.63) is 91.6 Å². The lowest BCUT2D eigenvalue weighted by Gasteiger charge is -2.25. The summed E-state index contributed by atoms with van der Waals surface area (Å²) in [7, 11) is 0. The lowest BCUT2D eigenvalue weighted by molar-refractivity contribution is 0.0681. The van der Waals surface area contributed by atoms with E-state index in [4.69, 9.17) is 0 Å². The maximum absolute atomic E-state index is 14.2. The van der Waals surface area contributed by atoms with Crippen molar-refractivity contribution in [1.29, 1.82) is 0 Å². The lowest BCUT2D eigenvalue weighted by Crippen LogP contribution is -2.28. The molecule has 0 amide bonds. The van der Waals surface area contributed by atoms with Crippen molar-refractivity contribution in [1.82, 2.24) is 4.68 Å². The highest BCUT2D eigenvalue weighted by atomic mass is 79.9. The summed E-state index contributed by atoms with van der Waals surface area (Å²) in [5.74, 6) is -2.18. The molecule has 0 bridgehead atoms. The van der Waals surface area contributed by atoms with Gasteiger partial charge >= 0.3 is 5.97 Å². The van der Waals surface area contributed by atoms with Gasteiger partial charge in [0.05, 0.1) is 10.5 Å². The molecule has 0 saturated heterocycles. The first-order chi connectivity index (χ1) is 13.9. The highest BCUT2D eigenvalue weighted by molar-refractivity contribution is 9.10. The minimum atomic E-state index is -1.45. The Morgan fingerprint density at radius 2 is 1.97 bits per heavy atom. The van der Waals surface area contributed by atoms with E-state index in [-0.39, 0.29) is 5.82 Å². The Hall–Kier alpha value is -2.78. The molecular weight excluding hydrogens is 463 g/mol. The second-order valence-corrected chi connectivity index (χ2v) is 8.18. The molecule has 1 aliphatic rings. The van der Waals surface area contributed by atoms with E-state index in [0.717, 1.165) is 32.3 Å². The topological polar surface area (TPSA) is 91.6 Å². The summed E-state index contributed by atoms with van der Waals surface area (Å²) >= 11 is 4.86. The summed E-state index contributed by atoms with van der Waals surface area (Å²) in [6, 6.07) is 11.1. The number of nitrogens with one attached hydrogen (secondary N) is 1. The van der Waals surface area contributed by atoms with E-state index in [1.54, 1.807) is 17.8 Å². The molecule has 0 saturated carbocycles. The van der Waals surface area contributed by atoms with E-state index in [1.807, 2.05) is 24.3 Å². The second kappa shape index (κ2) is 7.57. The number of rotatable bonds is 3. The highest BCUT2D eigenvalue weighted by Gasteiger charge is 2.28. The number of carboxylic acid groups (broad SMARTS) is 1. The highest BCUT2D eigenvalue weighted by Crippen LogP contribution is 2.42. The number of aromatic nitrogens is 1. The van der Waals surface area contributed by atoms with Crippen LogP contribution < -0.4 is 10.9 Å². The molecule has 4 rings (SSSR count). The average Bonchev–Trinajstić information content (AvgIpc) is 2.85. The number of nitrogens with zero attached hydrogens (tertiary/aromatic N) is 1. The standard InChI is InChI=1S/C20H14BrFN2O4S/c21-16-12-9-29-15-4-2-1-3-11(15)17(10(12)5-6-13(16)22)23-24-8-7-14(25)19(26)18(24)20(27)28/h1-8,17,23,26H,9H2,(H,27,28). The molecule has 3 N–H and O–H groups in total. The predicted octanol–water partition coefficient (Wildman–Crippen LogP) is 4.09. The number of pyridine rings is 1. The van der Waals surface area contributed by atoms with Crippen molar-refractivity contribution in [2.75, 3.05) is 5.43 Å². The minimum Gasteiger partial charge on any atom is -0.502 e. The Morgan fingerprint density at radius 1 is 1.21 bits per heavy atom. The first kappa shape index (κ1) is 19.5. The molecule has 0 aliphatic carbocycles. The Morgan fingerprint density at radius 3 is 2.72 bits per heavy atom. The smallest absolute Gasteiger partial charge is 0.358 e. The summed E-state index contributed by atoms with van der Waals surface area (Å²) < 4.78 is 15.6. The first-order valence-electron chi connectivity index (χ1n) is 8.51. The van der Waals surface area contributed by atoms with E-state index >= 15 is 0 Å². The van der Waals surface area contributed by atoms with E-state index in [0.29, 0.717) is 10.2 Å². The number of halogens is 2. The fourth-order valence-electron chi connectivity index (χ4n) is 3.31. The molecule has 1 aliphatic heterocycles. The van der Waals surface area contributed by atoms with Crippen LogP contribution in [-0.4, -0.2) is 20.9 Å². The molecular formula is C20H14BrFN2O4S. The van der Waals surface area contributed by atoms with Gasteiger partial charge in [0.2, 0.25) is 5.43 Å². The molecule has 6 nitrogen and oxygen atoms in total. The van der Waals surface area contributed by atoms with Crippen molar-refractivity contribution in [2.24, 2.45) is 0 Å². The maximum Gasteiger partial charge on any atom is 0.358 e. The minimum absolute atomic E-state index is 0.350. The van der Waals surface area contributed by atoms with Crippen LogP contribution in [0.1, 0.15) is 33.2 Å². The van der Waals surface area contributed by atoms with Crippen LogP contribution in [0.5, 0.6) is 5.75 Å². The Kier molecular flexibility index (Phi) is 5.10. The van der Waals surface area contributed by atoms with E-state index in [2.05, 4.69) is 21.4 Å². The zero-order valence-electron chi connectivity index (χ0n) is 14.7. The summed E-state index contributed by atoms with van der Waals surface area (Å²) in [5, 5.41) is 19.5. The molecule has 2 heterocycles. The van der Waals surface area contributed by atoms with Crippen LogP contribution in [0.3, 0.4) is 0 Å². The van der Waals surface area contributed by atoms with Crippen molar-refractivity contribution in [2.45, 2.75) is 16.7 Å². The SMILES string of the molecule is O=C(O)c1c(O)c(=O)ccn1NC1c2ccccc2SCc2c1ccc(F)c2Br. The zero-order valence-corrected chi connectivity index (χ0v) is 17.1. The lowest BCUT2D eigenvalue weighted by atomic mass is 9.95. The number of carbonyl (C=O) groups is 1. The Balaban J connectivity index is 1.93. The van der Waals surface area contributed by atoms with E-state index < -0.39 is 28.9 Å². The monoisotopic (exact) mass is 476 g/mol. The van der Waals surface area contributed by atoms with Gasteiger partial charge in [-0.15, -0.1) is 11.8 Å².